The molecule has 0 bridgehead atoms. The van der Waals surface area contributed by atoms with Crippen LogP contribution in [0.3, 0.4) is 0 Å². The molecule has 1 aliphatic rings. The molecule has 6 heteroatoms. The summed E-state index contributed by atoms with van der Waals surface area (Å²) in [4.78, 5) is 12.6. The molecule has 138 valence electrons. The second-order valence-corrected chi connectivity index (χ2v) is 8.54. The highest BCUT2D eigenvalue weighted by Crippen LogP contribution is 2.22. The lowest BCUT2D eigenvalue weighted by molar-refractivity contribution is 0.0938. The summed E-state index contributed by atoms with van der Waals surface area (Å²) in [6, 6.07) is 16.3. The summed E-state index contributed by atoms with van der Waals surface area (Å²) in [5.41, 5.74) is 1.59. The molecule has 0 heterocycles. The van der Waals surface area contributed by atoms with Crippen molar-refractivity contribution in [1.82, 2.24) is 10.0 Å². The molecule has 1 aliphatic carbocycles. The maximum absolute atomic E-state index is 12.5. The van der Waals surface area contributed by atoms with Gasteiger partial charge in [0, 0.05) is 17.6 Å². The van der Waals surface area contributed by atoms with Crippen LogP contribution in [0.1, 0.15) is 42.1 Å². The van der Waals surface area contributed by atoms with Gasteiger partial charge in [-0.3, -0.25) is 4.79 Å². The Balaban J connectivity index is 1.59. The average molecular weight is 372 g/mol. The summed E-state index contributed by atoms with van der Waals surface area (Å²) in [6.45, 7) is 1.95. The molecular weight excluding hydrogens is 348 g/mol. The zero-order valence-electron chi connectivity index (χ0n) is 14.8. The van der Waals surface area contributed by atoms with Crippen LogP contribution in [0.2, 0.25) is 0 Å². The highest BCUT2D eigenvalue weighted by atomic mass is 32.2. The van der Waals surface area contributed by atoms with Crippen molar-refractivity contribution in [2.75, 3.05) is 0 Å². The Morgan fingerprint density at radius 2 is 1.85 bits per heavy atom. The summed E-state index contributed by atoms with van der Waals surface area (Å²) in [5, 5.41) is 2.94. The van der Waals surface area contributed by atoms with E-state index in [1.54, 1.807) is 12.1 Å². The summed E-state index contributed by atoms with van der Waals surface area (Å²) in [7, 11) is -3.56. The molecule has 5 nitrogen and oxygen atoms in total. The number of amides is 1. The highest BCUT2D eigenvalue weighted by molar-refractivity contribution is 7.89. The first kappa shape index (κ1) is 18.6. The Hall–Kier alpha value is -2.18. The van der Waals surface area contributed by atoms with E-state index in [0.717, 1.165) is 25.7 Å². The first-order valence-corrected chi connectivity index (χ1v) is 10.4. The van der Waals surface area contributed by atoms with E-state index in [1.165, 1.54) is 17.7 Å². The van der Waals surface area contributed by atoms with Crippen LogP contribution in [0.25, 0.3) is 0 Å². The number of hydrogen-bond donors (Lipinski definition) is 2. The maximum Gasteiger partial charge on any atom is 0.251 e. The summed E-state index contributed by atoms with van der Waals surface area (Å²) in [6.07, 6.45) is 3.44. The first-order valence-electron chi connectivity index (χ1n) is 8.91. The predicted octanol–water partition coefficient (Wildman–Crippen LogP) is 2.88. The van der Waals surface area contributed by atoms with Crippen LogP contribution < -0.4 is 10.0 Å². The highest BCUT2D eigenvalue weighted by Gasteiger charge is 2.28. The van der Waals surface area contributed by atoms with Crippen molar-refractivity contribution < 1.29 is 13.2 Å². The molecular formula is C20H24N2O3S. The smallest absolute Gasteiger partial charge is 0.251 e. The van der Waals surface area contributed by atoms with Gasteiger partial charge in [0.15, 0.2) is 0 Å². The summed E-state index contributed by atoms with van der Waals surface area (Å²) < 4.78 is 27.2. The Kier molecular flexibility index (Phi) is 5.74. The summed E-state index contributed by atoms with van der Waals surface area (Å²) >= 11 is 0. The topological polar surface area (TPSA) is 75.3 Å². The second-order valence-electron chi connectivity index (χ2n) is 6.82. The van der Waals surface area contributed by atoms with E-state index in [1.807, 2.05) is 25.1 Å². The van der Waals surface area contributed by atoms with Gasteiger partial charge < -0.3 is 5.32 Å². The van der Waals surface area contributed by atoms with Crippen LogP contribution in [-0.4, -0.2) is 26.4 Å². The average Bonchev–Trinajstić information content (AvgIpc) is 3.44. The molecule has 1 amide bonds. The quantitative estimate of drug-likeness (QED) is 0.748. The van der Waals surface area contributed by atoms with Gasteiger partial charge in [-0.05, 0) is 56.4 Å². The van der Waals surface area contributed by atoms with Crippen molar-refractivity contribution in [2.24, 2.45) is 0 Å². The van der Waals surface area contributed by atoms with Gasteiger partial charge in [0.2, 0.25) is 10.0 Å². The lowest BCUT2D eigenvalue weighted by atomic mass is 10.1. The Morgan fingerprint density at radius 3 is 2.54 bits per heavy atom. The van der Waals surface area contributed by atoms with Crippen LogP contribution >= 0.6 is 0 Å². The van der Waals surface area contributed by atoms with Gasteiger partial charge in [-0.1, -0.05) is 36.4 Å². The molecule has 26 heavy (non-hydrogen) atoms. The molecule has 0 radical (unpaired) electrons. The summed E-state index contributed by atoms with van der Waals surface area (Å²) in [5.74, 6) is -0.256. The van der Waals surface area contributed by atoms with Crippen LogP contribution in [-0.2, 0) is 16.4 Å². The third-order valence-corrected chi connectivity index (χ3v) is 5.91. The standard InChI is InChI=1S/C20H24N2O3S/c1-15(10-11-16-6-3-2-4-7-16)21-20(23)17-8-5-9-19(14-17)26(24,25)22-18-12-13-18/h2-9,14-15,18,22H,10-13H2,1H3,(H,21,23). The number of sulfonamides is 1. The fraction of sp³-hybridized carbons (Fsp3) is 0.350. The Morgan fingerprint density at radius 1 is 1.12 bits per heavy atom. The Labute approximate surface area is 154 Å². The third kappa shape index (κ3) is 5.16. The second kappa shape index (κ2) is 8.01. The third-order valence-electron chi connectivity index (χ3n) is 4.39. The number of carbonyl (C=O) groups is 1. The number of benzene rings is 2. The molecule has 0 aromatic heterocycles. The zero-order chi connectivity index (χ0) is 18.6. The molecule has 2 aromatic rings. The molecule has 0 spiro atoms. The molecule has 0 saturated heterocycles. The monoisotopic (exact) mass is 372 g/mol. The normalized spacial score (nSPS) is 15.4. The van der Waals surface area contributed by atoms with E-state index in [2.05, 4.69) is 22.2 Å². The minimum absolute atomic E-state index is 0.00689. The molecule has 3 rings (SSSR count). The molecule has 2 aromatic carbocycles. The van der Waals surface area contributed by atoms with Crippen LogP contribution in [0.4, 0.5) is 0 Å². The van der Waals surface area contributed by atoms with Crippen molar-refractivity contribution in [3.05, 3.63) is 65.7 Å². The molecule has 0 aliphatic heterocycles. The Bertz CT molecular complexity index is 862. The van der Waals surface area contributed by atoms with Crippen LogP contribution in [0, 0.1) is 0 Å². The van der Waals surface area contributed by atoms with Gasteiger partial charge in [0.05, 0.1) is 4.90 Å². The van der Waals surface area contributed by atoms with Crippen LogP contribution in [0.15, 0.2) is 59.5 Å². The van der Waals surface area contributed by atoms with E-state index in [-0.39, 0.29) is 22.9 Å². The van der Waals surface area contributed by atoms with Gasteiger partial charge >= 0.3 is 0 Å². The number of rotatable bonds is 8. The molecule has 1 unspecified atom stereocenters. The van der Waals surface area contributed by atoms with Gasteiger partial charge in [-0.2, -0.15) is 0 Å². The number of nitrogens with one attached hydrogen (secondary N) is 2. The molecule has 1 atom stereocenters. The lowest BCUT2D eigenvalue weighted by Crippen LogP contribution is -2.33. The van der Waals surface area contributed by atoms with E-state index >= 15 is 0 Å². The van der Waals surface area contributed by atoms with Crippen molar-refractivity contribution >= 4 is 15.9 Å². The van der Waals surface area contributed by atoms with E-state index in [4.69, 9.17) is 0 Å². The van der Waals surface area contributed by atoms with Gasteiger partial charge in [-0.15, -0.1) is 0 Å². The lowest BCUT2D eigenvalue weighted by Gasteiger charge is -2.14. The minimum atomic E-state index is -3.56. The van der Waals surface area contributed by atoms with Crippen molar-refractivity contribution in [2.45, 2.75) is 49.6 Å². The fourth-order valence-corrected chi connectivity index (χ4v) is 4.05. The molecule has 2 N–H and O–H groups in total. The minimum Gasteiger partial charge on any atom is -0.350 e. The van der Waals surface area contributed by atoms with Crippen molar-refractivity contribution in [3.63, 3.8) is 0 Å². The van der Waals surface area contributed by atoms with Crippen LogP contribution in [0.5, 0.6) is 0 Å². The molecule has 1 saturated carbocycles. The maximum atomic E-state index is 12.5. The van der Waals surface area contributed by atoms with Gasteiger partial charge in [-0.25, -0.2) is 13.1 Å². The van der Waals surface area contributed by atoms with Crippen molar-refractivity contribution in [3.8, 4) is 0 Å². The SMILES string of the molecule is CC(CCc1ccccc1)NC(=O)c1cccc(S(=O)(=O)NC2CC2)c1. The van der Waals surface area contributed by atoms with Gasteiger partial charge in [0.1, 0.15) is 0 Å². The van der Waals surface area contributed by atoms with Crippen molar-refractivity contribution in [1.29, 1.82) is 0 Å². The molecule has 1 fully saturated rings. The number of carbonyl (C=O) groups excluding carboxylic acids is 1. The van der Waals surface area contributed by atoms with E-state index in [0.29, 0.717) is 5.56 Å². The zero-order valence-corrected chi connectivity index (χ0v) is 15.6. The number of aryl methyl sites for hydroxylation is 1. The fourth-order valence-electron chi connectivity index (χ4n) is 2.70. The predicted molar refractivity (Wildman–Crippen MR) is 101 cm³/mol. The van der Waals surface area contributed by atoms with E-state index in [9.17, 15) is 13.2 Å². The number of hydrogen-bond acceptors (Lipinski definition) is 3. The largest absolute Gasteiger partial charge is 0.350 e. The van der Waals surface area contributed by atoms with Gasteiger partial charge in [0.25, 0.3) is 5.91 Å². The first-order chi connectivity index (χ1) is 12.4. The van der Waals surface area contributed by atoms with E-state index < -0.39 is 10.0 Å².